The summed E-state index contributed by atoms with van der Waals surface area (Å²) >= 11 is 0. The lowest BCUT2D eigenvalue weighted by Gasteiger charge is -2.35. The number of nitrogens with zero attached hydrogens (tertiary/aromatic N) is 2. The van der Waals surface area contributed by atoms with Crippen LogP contribution in [0.5, 0.6) is 11.5 Å². The largest absolute Gasteiger partial charge is 0.504 e. The maximum atomic E-state index is 13.6. The number of carbonyl (C=O) groups excluding carboxylic acids is 3. The fourth-order valence-corrected chi connectivity index (χ4v) is 5.90. The lowest BCUT2D eigenvalue weighted by Crippen LogP contribution is -2.56. The number of hydrogen-bond donors (Lipinski definition) is 5. The Balaban J connectivity index is 1.35. The van der Waals surface area contributed by atoms with Gasteiger partial charge in [-0.05, 0) is 49.8 Å². The second-order valence-electron chi connectivity index (χ2n) is 10.6. The molecular weight excluding hydrogens is 492 g/mol. The number of aromatic hydroxyl groups is 2. The average Bonchev–Trinajstić information content (AvgIpc) is 3.30. The molecule has 38 heavy (non-hydrogen) atoms. The number of aliphatic hydroxyl groups is 1. The first kappa shape index (κ1) is 28.1. The van der Waals surface area contributed by atoms with Crippen molar-refractivity contribution in [2.75, 3.05) is 39.4 Å². The molecule has 5 unspecified atom stereocenters. The third kappa shape index (κ3) is 6.75. The molecular formula is C27H40N4O7. The molecule has 0 spiro atoms. The Bertz CT molecular complexity index is 1000. The summed E-state index contributed by atoms with van der Waals surface area (Å²) in [6.45, 7) is 5.86. The van der Waals surface area contributed by atoms with E-state index in [4.69, 9.17) is 4.74 Å². The molecule has 0 aromatic heterocycles. The average molecular weight is 533 g/mol. The van der Waals surface area contributed by atoms with Gasteiger partial charge in [0.2, 0.25) is 17.7 Å². The molecule has 11 nitrogen and oxygen atoms in total. The predicted molar refractivity (Wildman–Crippen MR) is 138 cm³/mol. The van der Waals surface area contributed by atoms with E-state index in [-0.39, 0.29) is 41.7 Å². The van der Waals surface area contributed by atoms with Crippen LogP contribution in [0.3, 0.4) is 0 Å². The van der Waals surface area contributed by atoms with Crippen molar-refractivity contribution < 1.29 is 34.4 Å². The van der Waals surface area contributed by atoms with Crippen molar-refractivity contribution in [1.82, 2.24) is 20.4 Å². The topological polar surface area (TPSA) is 152 Å². The minimum Gasteiger partial charge on any atom is -0.504 e. The molecule has 2 saturated heterocycles. The van der Waals surface area contributed by atoms with Crippen LogP contribution in [-0.2, 0) is 25.5 Å². The van der Waals surface area contributed by atoms with Crippen molar-refractivity contribution in [1.29, 1.82) is 0 Å². The monoisotopic (exact) mass is 532 g/mol. The minimum atomic E-state index is -1.45. The molecule has 1 saturated carbocycles. The number of likely N-dealkylation sites (tertiary alicyclic amines) is 1. The van der Waals surface area contributed by atoms with Gasteiger partial charge in [-0.2, -0.15) is 0 Å². The van der Waals surface area contributed by atoms with E-state index >= 15 is 0 Å². The number of nitrogens with one attached hydrogen (secondary N) is 2. The summed E-state index contributed by atoms with van der Waals surface area (Å²) in [5.74, 6) is -1.58. The van der Waals surface area contributed by atoms with Crippen molar-refractivity contribution in [2.24, 2.45) is 5.92 Å². The van der Waals surface area contributed by atoms with Crippen LogP contribution in [0.15, 0.2) is 18.2 Å². The van der Waals surface area contributed by atoms with Crippen LogP contribution >= 0.6 is 0 Å². The van der Waals surface area contributed by atoms with Gasteiger partial charge < -0.3 is 35.6 Å². The van der Waals surface area contributed by atoms with E-state index < -0.39 is 24.1 Å². The second kappa shape index (κ2) is 12.8. The first-order valence-electron chi connectivity index (χ1n) is 13.6. The molecule has 0 bridgehead atoms. The van der Waals surface area contributed by atoms with Crippen LogP contribution in [-0.4, -0.2) is 106 Å². The smallest absolute Gasteiger partial charge is 0.249 e. The molecule has 3 amide bonds. The van der Waals surface area contributed by atoms with E-state index in [2.05, 4.69) is 15.5 Å². The molecule has 3 aliphatic rings. The third-order valence-electron chi connectivity index (χ3n) is 7.98. The Morgan fingerprint density at radius 3 is 2.58 bits per heavy atom. The van der Waals surface area contributed by atoms with E-state index in [1.54, 1.807) is 11.8 Å². The molecule has 0 radical (unpaired) electrons. The SMILES string of the molecule is CC(NC(=O)C(O)Cc1ccc(O)c(O)c1)C(=O)N1C(C(=O)NCCN2CCOCC2)CC2CCCCC21. The number of carbonyl (C=O) groups is 3. The van der Waals surface area contributed by atoms with E-state index in [1.807, 2.05) is 0 Å². The maximum Gasteiger partial charge on any atom is 0.249 e. The molecule has 5 atom stereocenters. The highest BCUT2D eigenvalue weighted by Crippen LogP contribution is 2.40. The van der Waals surface area contributed by atoms with Gasteiger partial charge in [-0.1, -0.05) is 18.9 Å². The number of phenolic OH excluding ortho intramolecular Hbond substituents is 2. The lowest BCUT2D eigenvalue weighted by molar-refractivity contribution is -0.144. The second-order valence-corrected chi connectivity index (χ2v) is 10.6. The standard InChI is InChI=1S/C27H40N4O7/c1-17(29-26(36)24(34)15-18-6-7-22(32)23(33)14-18)27(37)31-20-5-3-2-4-19(20)16-21(31)25(35)28-8-9-30-10-12-38-13-11-30/h6-7,14,17,19-21,24,32-34H,2-5,8-13,15-16H2,1H3,(H,28,35)(H,29,36). The van der Waals surface area contributed by atoms with E-state index in [0.717, 1.165) is 45.3 Å². The van der Waals surface area contributed by atoms with Gasteiger partial charge in [-0.3, -0.25) is 19.3 Å². The first-order valence-corrected chi connectivity index (χ1v) is 13.6. The molecule has 2 heterocycles. The number of ether oxygens (including phenoxy) is 1. The highest BCUT2D eigenvalue weighted by molar-refractivity contribution is 5.93. The molecule has 3 fully saturated rings. The summed E-state index contributed by atoms with van der Waals surface area (Å²) in [6.07, 6.45) is 2.97. The molecule has 4 rings (SSSR count). The zero-order chi connectivity index (χ0) is 27.2. The zero-order valence-corrected chi connectivity index (χ0v) is 22.0. The summed E-state index contributed by atoms with van der Waals surface area (Å²) in [5.41, 5.74) is 0.459. The molecule has 5 N–H and O–H groups in total. The van der Waals surface area contributed by atoms with Crippen LogP contribution in [0, 0.1) is 5.92 Å². The van der Waals surface area contributed by atoms with Crippen molar-refractivity contribution in [3.05, 3.63) is 23.8 Å². The number of phenols is 2. The Hall–Kier alpha value is -2.89. The Labute approximate surface area is 223 Å². The Kier molecular flexibility index (Phi) is 9.45. The Morgan fingerprint density at radius 2 is 1.84 bits per heavy atom. The summed E-state index contributed by atoms with van der Waals surface area (Å²) in [7, 11) is 0. The first-order chi connectivity index (χ1) is 18.2. The van der Waals surface area contributed by atoms with Gasteiger partial charge in [0.15, 0.2) is 11.5 Å². The number of hydrogen-bond acceptors (Lipinski definition) is 8. The van der Waals surface area contributed by atoms with E-state index in [1.165, 1.54) is 18.2 Å². The van der Waals surface area contributed by atoms with Crippen LogP contribution < -0.4 is 10.6 Å². The van der Waals surface area contributed by atoms with Gasteiger partial charge in [-0.15, -0.1) is 0 Å². The van der Waals surface area contributed by atoms with Gasteiger partial charge in [0.1, 0.15) is 18.2 Å². The van der Waals surface area contributed by atoms with Gasteiger partial charge in [0, 0.05) is 38.6 Å². The van der Waals surface area contributed by atoms with E-state index in [0.29, 0.717) is 31.7 Å². The maximum absolute atomic E-state index is 13.6. The normalized spacial score (nSPS) is 25.3. The van der Waals surface area contributed by atoms with Crippen molar-refractivity contribution in [3.63, 3.8) is 0 Å². The fourth-order valence-electron chi connectivity index (χ4n) is 5.90. The third-order valence-corrected chi connectivity index (χ3v) is 7.98. The summed E-state index contributed by atoms with van der Waals surface area (Å²) in [5, 5.41) is 35.1. The van der Waals surface area contributed by atoms with Crippen molar-refractivity contribution >= 4 is 17.7 Å². The number of morpholine rings is 1. The molecule has 11 heteroatoms. The Morgan fingerprint density at radius 1 is 1.11 bits per heavy atom. The molecule has 2 aliphatic heterocycles. The summed E-state index contributed by atoms with van der Waals surface area (Å²) in [6, 6.07) is 2.52. The fraction of sp³-hybridized carbons (Fsp3) is 0.667. The highest BCUT2D eigenvalue weighted by Gasteiger charge is 2.48. The molecule has 1 aliphatic carbocycles. The lowest BCUT2D eigenvalue weighted by atomic mass is 9.84. The number of amides is 3. The summed E-state index contributed by atoms with van der Waals surface area (Å²) < 4.78 is 5.37. The van der Waals surface area contributed by atoms with Gasteiger partial charge in [-0.25, -0.2) is 0 Å². The predicted octanol–water partition coefficient (Wildman–Crippen LogP) is 0.114. The van der Waals surface area contributed by atoms with Gasteiger partial charge in [0.25, 0.3) is 0 Å². The van der Waals surface area contributed by atoms with Crippen LogP contribution in [0.1, 0.15) is 44.6 Å². The minimum absolute atomic E-state index is 0.0320. The van der Waals surface area contributed by atoms with Gasteiger partial charge >= 0.3 is 0 Å². The number of aliphatic hydroxyl groups excluding tert-OH is 1. The van der Waals surface area contributed by atoms with Crippen molar-refractivity contribution in [3.8, 4) is 11.5 Å². The summed E-state index contributed by atoms with van der Waals surface area (Å²) in [4.78, 5) is 43.4. The highest BCUT2D eigenvalue weighted by atomic mass is 16.5. The number of rotatable bonds is 9. The quantitative estimate of drug-likeness (QED) is 0.281. The molecule has 1 aromatic rings. The van der Waals surface area contributed by atoms with Crippen LogP contribution in [0.4, 0.5) is 0 Å². The molecule has 1 aromatic carbocycles. The van der Waals surface area contributed by atoms with Crippen LogP contribution in [0.2, 0.25) is 0 Å². The zero-order valence-electron chi connectivity index (χ0n) is 22.0. The van der Waals surface area contributed by atoms with Crippen molar-refractivity contribution in [2.45, 2.75) is 69.7 Å². The number of benzene rings is 1. The molecule has 210 valence electrons. The van der Waals surface area contributed by atoms with Crippen LogP contribution in [0.25, 0.3) is 0 Å². The number of fused-ring (bicyclic) bond motifs is 1. The van der Waals surface area contributed by atoms with E-state index in [9.17, 15) is 29.7 Å². The van der Waals surface area contributed by atoms with Gasteiger partial charge in [0.05, 0.1) is 13.2 Å².